The summed E-state index contributed by atoms with van der Waals surface area (Å²) in [6.45, 7) is 0.652. The van der Waals surface area contributed by atoms with E-state index in [0.29, 0.717) is 30.5 Å². The van der Waals surface area contributed by atoms with Gasteiger partial charge in [0.25, 0.3) is 0 Å². The van der Waals surface area contributed by atoms with E-state index in [4.69, 9.17) is 9.47 Å². The Balaban J connectivity index is 1.48. The highest BCUT2D eigenvalue weighted by molar-refractivity contribution is 5.73. The van der Waals surface area contributed by atoms with Gasteiger partial charge >= 0.3 is 6.03 Å². The molecule has 8 heteroatoms. The van der Waals surface area contributed by atoms with Crippen LogP contribution >= 0.6 is 0 Å². The summed E-state index contributed by atoms with van der Waals surface area (Å²) in [6.07, 6.45) is 1.64. The van der Waals surface area contributed by atoms with Crippen LogP contribution in [0.4, 0.5) is 9.18 Å². The number of nitrogens with zero attached hydrogens (tertiary/aromatic N) is 2. The van der Waals surface area contributed by atoms with Gasteiger partial charge in [-0.2, -0.15) is 0 Å². The van der Waals surface area contributed by atoms with Gasteiger partial charge in [-0.15, -0.1) is 0 Å². The maximum atomic E-state index is 13.5. The van der Waals surface area contributed by atoms with Gasteiger partial charge in [-0.1, -0.05) is 24.3 Å². The van der Waals surface area contributed by atoms with Gasteiger partial charge in [0.05, 0.1) is 13.2 Å². The van der Waals surface area contributed by atoms with Crippen molar-refractivity contribution >= 4 is 6.03 Å². The van der Waals surface area contributed by atoms with Crippen LogP contribution < -0.4 is 20.1 Å². The number of carbonyl (C=O) groups is 1. The number of amides is 2. The number of likely N-dealkylation sites (N-methyl/N-ethyl adjacent to an activating group) is 1. The van der Waals surface area contributed by atoms with Crippen molar-refractivity contribution in [3.05, 3.63) is 83.8 Å². The van der Waals surface area contributed by atoms with E-state index in [1.54, 1.807) is 31.5 Å². The molecular formula is C24H27FN4O3. The summed E-state index contributed by atoms with van der Waals surface area (Å²) in [4.78, 5) is 18.4. The predicted octanol–water partition coefficient (Wildman–Crippen LogP) is 4.12. The zero-order valence-electron chi connectivity index (χ0n) is 18.3. The molecule has 3 aromatic rings. The summed E-state index contributed by atoms with van der Waals surface area (Å²) >= 11 is 0. The van der Waals surface area contributed by atoms with Crippen LogP contribution in [0, 0.1) is 5.82 Å². The Morgan fingerprint density at radius 3 is 2.53 bits per heavy atom. The number of aromatic nitrogens is 1. The van der Waals surface area contributed by atoms with E-state index >= 15 is 0 Å². The van der Waals surface area contributed by atoms with Crippen molar-refractivity contribution in [1.29, 1.82) is 0 Å². The van der Waals surface area contributed by atoms with E-state index in [1.165, 1.54) is 12.1 Å². The number of pyridine rings is 1. The highest BCUT2D eigenvalue weighted by atomic mass is 19.1. The number of nitrogens with one attached hydrogen (secondary N) is 2. The van der Waals surface area contributed by atoms with Crippen molar-refractivity contribution in [2.24, 2.45) is 0 Å². The van der Waals surface area contributed by atoms with Crippen LogP contribution in [-0.4, -0.2) is 43.7 Å². The molecule has 2 aromatic carbocycles. The Kier molecular flexibility index (Phi) is 7.99. The minimum Gasteiger partial charge on any atom is -0.497 e. The van der Waals surface area contributed by atoms with Crippen LogP contribution in [0.2, 0.25) is 0 Å². The Bertz CT molecular complexity index is 1030. The molecule has 0 aliphatic carbocycles. The van der Waals surface area contributed by atoms with E-state index in [0.717, 1.165) is 11.1 Å². The van der Waals surface area contributed by atoms with Crippen molar-refractivity contribution in [2.45, 2.75) is 12.6 Å². The van der Waals surface area contributed by atoms with Crippen LogP contribution in [0.5, 0.6) is 17.4 Å². The Morgan fingerprint density at radius 2 is 1.84 bits per heavy atom. The lowest BCUT2D eigenvalue weighted by molar-refractivity contribution is 0.232. The molecule has 3 rings (SSSR count). The van der Waals surface area contributed by atoms with Gasteiger partial charge < -0.3 is 25.0 Å². The molecule has 1 atom stereocenters. The molecule has 0 saturated heterocycles. The van der Waals surface area contributed by atoms with Crippen LogP contribution in [0.3, 0.4) is 0 Å². The van der Waals surface area contributed by atoms with Gasteiger partial charge in [0.1, 0.15) is 17.3 Å². The smallest absolute Gasteiger partial charge is 0.315 e. The average molecular weight is 439 g/mol. The van der Waals surface area contributed by atoms with Gasteiger partial charge in [0.2, 0.25) is 5.88 Å². The first-order valence-electron chi connectivity index (χ1n) is 10.1. The standard InChI is InChI=1S/C24H27FN4O3/c1-29(2)22(18-6-4-7-19(25)12-18)16-28-24(30)27-15-17-10-11-23(26-14-17)32-21-9-5-8-20(13-21)31-3/h4-14,22H,15-16H2,1-3H3,(H2,27,28,30). The molecule has 1 aromatic heterocycles. The second-order valence-corrected chi connectivity index (χ2v) is 7.38. The third-order valence-electron chi connectivity index (χ3n) is 4.83. The molecule has 2 amide bonds. The predicted molar refractivity (Wildman–Crippen MR) is 120 cm³/mol. The first kappa shape index (κ1) is 23.0. The summed E-state index contributed by atoms with van der Waals surface area (Å²) in [5.74, 6) is 1.46. The largest absolute Gasteiger partial charge is 0.497 e. The molecule has 7 nitrogen and oxygen atoms in total. The Labute approximate surface area is 187 Å². The number of ether oxygens (including phenoxy) is 2. The van der Waals surface area contributed by atoms with Gasteiger partial charge in [-0.25, -0.2) is 14.2 Å². The number of rotatable bonds is 9. The fourth-order valence-corrected chi connectivity index (χ4v) is 3.11. The molecule has 0 bridgehead atoms. The Morgan fingerprint density at radius 1 is 1.06 bits per heavy atom. The number of halogens is 1. The summed E-state index contributed by atoms with van der Waals surface area (Å²) < 4.78 is 24.4. The molecule has 0 fully saturated rings. The lowest BCUT2D eigenvalue weighted by Gasteiger charge is -2.25. The maximum Gasteiger partial charge on any atom is 0.315 e. The van der Waals surface area contributed by atoms with Crippen molar-refractivity contribution in [2.75, 3.05) is 27.7 Å². The number of methoxy groups -OCH3 is 1. The number of carbonyl (C=O) groups excluding carboxylic acids is 1. The fraction of sp³-hybridized carbons (Fsp3) is 0.250. The number of hydrogen-bond donors (Lipinski definition) is 2. The van der Waals surface area contributed by atoms with E-state index in [1.807, 2.05) is 49.3 Å². The molecule has 0 spiro atoms. The van der Waals surface area contributed by atoms with Crippen molar-refractivity contribution in [3.8, 4) is 17.4 Å². The first-order chi connectivity index (χ1) is 15.4. The second-order valence-electron chi connectivity index (χ2n) is 7.38. The van der Waals surface area contributed by atoms with E-state index < -0.39 is 0 Å². The topological polar surface area (TPSA) is 75.7 Å². The number of benzene rings is 2. The molecule has 168 valence electrons. The second kappa shape index (κ2) is 11.1. The highest BCUT2D eigenvalue weighted by Gasteiger charge is 2.15. The third kappa shape index (κ3) is 6.68. The summed E-state index contributed by atoms with van der Waals surface area (Å²) in [6, 6.07) is 16.7. The van der Waals surface area contributed by atoms with Crippen molar-refractivity contribution in [1.82, 2.24) is 20.5 Å². The molecule has 0 aliphatic heterocycles. The normalized spacial score (nSPS) is 11.7. The monoisotopic (exact) mass is 438 g/mol. The zero-order chi connectivity index (χ0) is 22.9. The molecule has 0 aliphatic rings. The minimum atomic E-state index is -0.315. The van der Waals surface area contributed by atoms with E-state index in [-0.39, 0.29) is 17.9 Å². The molecular weight excluding hydrogens is 411 g/mol. The van der Waals surface area contributed by atoms with Crippen LogP contribution in [0.25, 0.3) is 0 Å². The van der Waals surface area contributed by atoms with Crippen LogP contribution in [0.1, 0.15) is 17.2 Å². The number of hydrogen-bond acceptors (Lipinski definition) is 5. The maximum absolute atomic E-state index is 13.5. The van der Waals surface area contributed by atoms with E-state index in [9.17, 15) is 9.18 Å². The summed E-state index contributed by atoms with van der Waals surface area (Å²) in [5.41, 5.74) is 1.62. The molecule has 0 saturated carbocycles. The third-order valence-corrected chi connectivity index (χ3v) is 4.83. The molecule has 2 N–H and O–H groups in total. The molecule has 1 unspecified atom stereocenters. The summed E-state index contributed by atoms with van der Waals surface area (Å²) in [7, 11) is 5.36. The SMILES string of the molecule is COc1cccc(Oc2ccc(CNC(=O)NCC(c3cccc(F)c3)N(C)C)cn2)c1. The van der Waals surface area contributed by atoms with Crippen LogP contribution in [0.15, 0.2) is 66.9 Å². The molecule has 0 radical (unpaired) electrons. The highest BCUT2D eigenvalue weighted by Crippen LogP contribution is 2.24. The summed E-state index contributed by atoms with van der Waals surface area (Å²) in [5, 5.41) is 5.64. The quantitative estimate of drug-likeness (QED) is 0.526. The van der Waals surface area contributed by atoms with E-state index in [2.05, 4.69) is 15.6 Å². The fourth-order valence-electron chi connectivity index (χ4n) is 3.11. The molecule has 32 heavy (non-hydrogen) atoms. The molecule has 1 heterocycles. The zero-order valence-corrected chi connectivity index (χ0v) is 18.3. The Hall–Kier alpha value is -3.65. The lowest BCUT2D eigenvalue weighted by atomic mass is 10.1. The van der Waals surface area contributed by atoms with Crippen LogP contribution in [-0.2, 0) is 6.54 Å². The van der Waals surface area contributed by atoms with Gasteiger partial charge in [-0.3, -0.25) is 0 Å². The van der Waals surface area contributed by atoms with Gasteiger partial charge in [0.15, 0.2) is 0 Å². The van der Waals surface area contributed by atoms with Gasteiger partial charge in [0, 0.05) is 31.4 Å². The first-order valence-corrected chi connectivity index (χ1v) is 10.1. The van der Waals surface area contributed by atoms with Crippen molar-refractivity contribution in [3.63, 3.8) is 0 Å². The average Bonchev–Trinajstić information content (AvgIpc) is 2.79. The minimum absolute atomic E-state index is 0.147. The van der Waals surface area contributed by atoms with Gasteiger partial charge in [-0.05, 0) is 49.5 Å². The van der Waals surface area contributed by atoms with Crippen molar-refractivity contribution < 1.29 is 18.7 Å². The lowest BCUT2D eigenvalue weighted by Crippen LogP contribution is -2.40. The number of urea groups is 1.